The molecule has 2 rings (SSSR count). The number of hydrogen-bond donors (Lipinski definition) is 1. The normalized spacial score (nSPS) is 12.2. The van der Waals surface area contributed by atoms with E-state index in [1.54, 1.807) is 0 Å². The summed E-state index contributed by atoms with van der Waals surface area (Å²) in [6, 6.07) is 17.3. The zero-order valence-corrected chi connectivity index (χ0v) is 12.6. The molecule has 0 aromatic heterocycles. The Morgan fingerprint density at radius 3 is 1.95 bits per heavy atom. The Hall–Kier alpha value is -1.80. The summed E-state index contributed by atoms with van der Waals surface area (Å²) in [4.78, 5) is 2.10. The van der Waals surface area contributed by atoms with Crippen molar-refractivity contribution < 1.29 is 0 Å². The molecule has 0 amide bonds. The van der Waals surface area contributed by atoms with Gasteiger partial charge in [-0.25, -0.2) is 0 Å². The molecular formula is C18H24N2. The molecular weight excluding hydrogens is 244 g/mol. The summed E-state index contributed by atoms with van der Waals surface area (Å²) in [5, 5.41) is 0. The summed E-state index contributed by atoms with van der Waals surface area (Å²) in [6.45, 7) is 2.17. The van der Waals surface area contributed by atoms with Crippen molar-refractivity contribution in [1.82, 2.24) is 0 Å². The van der Waals surface area contributed by atoms with Crippen LogP contribution in [0.15, 0.2) is 48.5 Å². The Morgan fingerprint density at radius 1 is 0.900 bits per heavy atom. The fourth-order valence-electron chi connectivity index (χ4n) is 2.30. The first kappa shape index (κ1) is 14.6. The molecule has 0 bridgehead atoms. The van der Waals surface area contributed by atoms with Gasteiger partial charge >= 0.3 is 0 Å². The molecule has 1 atom stereocenters. The molecule has 0 fully saturated rings. The van der Waals surface area contributed by atoms with Crippen molar-refractivity contribution in [2.75, 3.05) is 19.0 Å². The quantitative estimate of drug-likeness (QED) is 0.898. The van der Waals surface area contributed by atoms with Crippen molar-refractivity contribution in [2.45, 2.75) is 25.8 Å². The van der Waals surface area contributed by atoms with E-state index < -0.39 is 0 Å². The predicted molar refractivity (Wildman–Crippen MR) is 87.2 cm³/mol. The molecule has 2 heteroatoms. The SMILES string of the molecule is CCc1ccc(CC(N)c2ccc(N(C)C)cc2)cc1. The lowest BCUT2D eigenvalue weighted by molar-refractivity contribution is 0.721. The fraction of sp³-hybridized carbons (Fsp3) is 0.333. The van der Waals surface area contributed by atoms with E-state index in [0.717, 1.165) is 12.8 Å². The standard InChI is InChI=1S/C18H24N2/c1-4-14-5-7-15(8-6-14)13-18(19)16-9-11-17(12-10-16)20(2)3/h5-12,18H,4,13,19H2,1-3H3. The van der Waals surface area contributed by atoms with Crippen molar-refractivity contribution in [2.24, 2.45) is 5.73 Å². The maximum atomic E-state index is 6.31. The van der Waals surface area contributed by atoms with Gasteiger partial charge in [-0.1, -0.05) is 43.3 Å². The molecule has 2 nitrogen and oxygen atoms in total. The maximum Gasteiger partial charge on any atom is 0.0361 e. The van der Waals surface area contributed by atoms with Gasteiger partial charge in [-0.2, -0.15) is 0 Å². The van der Waals surface area contributed by atoms with E-state index in [-0.39, 0.29) is 6.04 Å². The molecule has 0 saturated heterocycles. The molecule has 1 unspecified atom stereocenters. The average molecular weight is 268 g/mol. The maximum absolute atomic E-state index is 6.31. The number of nitrogens with zero attached hydrogens (tertiary/aromatic N) is 1. The lowest BCUT2D eigenvalue weighted by Gasteiger charge is -2.16. The zero-order chi connectivity index (χ0) is 14.5. The summed E-state index contributed by atoms with van der Waals surface area (Å²) in [5.74, 6) is 0. The number of benzene rings is 2. The number of rotatable bonds is 5. The molecule has 2 aromatic carbocycles. The first-order valence-corrected chi connectivity index (χ1v) is 7.21. The lowest BCUT2D eigenvalue weighted by Crippen LogP contribution is -2.14. The molecule has 20 heavy (non-hydrogen) atoms. The van der Waals surface area contributed by atoms with Crippen LogP contribution in [0.1, 0.15) is 29.7 Å². The Kier molecular flexibility index (Phi) is 4.80. The van der Waals surface area contributed by atoms with Crippen molar-refractivity contribution in [3.05, 3.63) is 65.2 Å². The van der Waals surface area contributed by atoms with Gasteiger partial charge in [0.1, 0.15) is 0 Å². The number of nitrogens with two attached hydrogens (primary N) is 1. The smallest absolute Gasteiger partial charge is 0.0361 e. The van der Waals surface area contributed by atoms with Crippen molar-refractivity contribution in [3.63, 3.8) is 0 Å². The predicted octanol–water partition coefficient (Wildman–Crippen LogP) is 3.56. The summed E-state index contributed by atoms with van der Waals surface area (Å²) in [5.41, 5.74) is 11.4. The topological polar surface area (TPSA) is 29.3 Å². The van der Waals surface area contributed by atoms with E-state index >= 15 is 0 Å². The van der Waals surface area contributed by atoms with Crippen molar-refractivity contribution in [1.29, 1.82) is 0 Å². The van der Waals surface area contributed by atoms with Crippen LogP contribution in [0.3, 0.4) is 0 Å². The van der Waals surface area contributed by atoms with Crippen LogP contribution in [0.4, 0.5) is 5.69 Å². The number of aryl methyl sites for hydroxylation is 1. The first-order chi connectivity index (χ1) is 9.60. The third-order valence-electron chi connectivity index (χ3n) is 3.72. The number of anilines is 1. The second-order valence-corrected chi connectivity index (χ2v) is 5.47. The molecule has 2 aromatic rings. The highest BCUT2D eigenvalue weighted by Gasteiger charge is 2.07. The van der Waals surface area contributed by atoms with E-state index in [1.807, 2.05) is 14.1 Å². The van der Waals surface area contributed by atoms with Gasteiger partial charge in [0.05, 0.1) is 0 Å². The summed E-state index contributed by atoms with van der Waals surface area (Å²) in [6.07, 6.45) is 1.96. The monoisotopic (exact) mass is 268 g/mol. The van der Waals surface area contributed by atoms with E-state index in [9.17, 15) is 0 Å². The Morgan fingerprint density at radius 2 is 1.45 bits per heavy atom. The molecule has 106 valence electrons. The van der Waals surface area contributed by atoms with Crippen LogP contribution >= 0.6 is 0 Å². The van der Waals surface area contributed by atoms with E-state index in [0.29, 0.717) is 0 Å². The van der Waals surface area contributed by atoms with E-state index in [1.165, 1.54) is 22.4 Å². The minimum atomic E-state index is 0.0543. The third-order valence-corrected chi connectivity index (χ3v) is 3.72. The Bertz CT molecular complexity index is 526. The summed E-state index contributed by atoms with van der Waals surface area (Å²) >= 11 is 0. The van der Waals surface area contributed by atoms with Gasteiger partial charge in [-0.05, 0) is 41.7 Å². The minimum absolute atomic E-state index is 0.0543. The Labute approximate surface area is 122 Å². The highest BCUT2D eigenvalue weighted by Crippen LogP contribution is 2.20. The van der Waals surface area contributed by atoms with Crippen LogP contribution in [0.5, 0.6) is 0 Å². The lowest BCUT2D eigenvalue weighted by atomic mass is 9.98. The van der Waals surface area contributed by atoms with Gasteiger partial charge < -0.3 is 10.6 Å². The van der Waals surface area contributed by atoms with Gasteiger partial charge in [0.15, 0.2) is 0 Å². The molecule has 2 N–H and O–H groups in total. The second-order valence-electron chi connectivity index (χ2n) is 5.47. The molecule has 0 heterocycles. The van der Waals surface area contributed by atoms with Crippen LogP contribution in [-0.4, -0.2) is 14.1 Å². The largest absolute Gasteiger partial charge is 0.378 e. The molecule has 0 aliphatic heterocycles. The second kappa shape index (κ2) is 6.58. The highest BCUT2D eigenvalue weighted by molar-refractivity contribution is 5.46. The summed E-state index contributed by atoms with van der Waals surface area (Å²) in [7, 11) is 4.09. The van der Waals surface area contributed by atoms with Crippen LogP contribution < -0.4 is 10.6 Å². The van der Waals surface area contributed by atoms with Gasteiger partial charge in [0, 0.05) is 25.8 Å². The average Bonchev–Trinajstić information content (AvgIpc) is 2.48. The molecule has 0 radical (unpaired) electrons. The molecule has 0 spiro atoms. The van der Waals surface area contributed by atoms with Crippen LogP contribution in [0.25, 0.3) is 0 Å². The fourth-order valence-corrected chi connectivity index (χ4v) is 2.30. The van der Waals surface area contributed by atoms with Crippen LogP contribution in [0.2, 0.25) is 0 Å². The van der Waals surface area contributed by atoms with E-state index in [2.05, 4.69) is 60.4 Å². The van der Waals surface area contributed by atoms with Crippen LogP contribution in [-0.2, 0) is 12.8 Å². The highest BCUT2D eigenvalue weighted by atomic mass is 15.1. The minimum Gasteiger partial charge on any atom is -0.378 e. The first-order valence-electron chi connectivity index (χ1n) is 7.21. The summed E-state index contributed by atoms with van der Waals surface area (Å²) < 4.78 is 0. The molecule has 0 saturated carbocycles. The third kappa shape index (κ3) is 3.61. The van der Waals surface area contributed by atoms with Gasteiger partial charge in [0.2, 0.25) is 0 Å². The Balaban J connectivity index is 2.04. The van der Waals surface area contributed by atoms with Gasteiger partial charge in [0.25, 0.3) is 0 Å². The van der Waals surface area contributed by atoms with Crippen molar-refractivity contribution >= 4 is 5.69 Å². The molecule has 0 aliphatic rings. The van der Waals surface area contributed by atoms with Crippen LogP contribution in [0, 0.1) is 0 Å². The molecule has 0 aliphatic carbocycles. The van der Waals surface area contributed by atoms with E-state index in [4.69, 9.17) is 5.73 Å². The number of hydrogen-bond acceptors (Lipinski definition) is 2. The zero-order valence-electron chi connectivity index (χ0n) is 12.6. The van der Waals surface area contributed by atoms with Gasteiger partial charge in [-0.3, -0.25) is 0 Å². The van der Waals surface area contributed by atoms with Crippen molar-refractivity contribution in [3.8, 4) is 0 Å². The van der Waals surface area contributed by atoms with Gasteiger partial charge in [-0.15, -0.1) is 0 Å².